The van der Waals surface area contributed by atoms with Crippen LogP contribution in [0.15, 0.2) is 4.99 Å². The molecule has 0 aliphatic carbocycles. The Labute approximate surface area is 54.0 Å². The summed E-state index contributed by atoms with van der Waals surface area (Å²) in [7, 11) is 0. The maximum atomic E-state index is 10.7. The van der Waals surface area contributed by atoms with Gasteiger partial charge in [-0.15, -0.1) is 0 Å². The highest BCUT2D eigenvalue weighted by atomic mass is 16.1. The number of hydrogen-bond acceptors (Lipinski definition) is 3. The Hall–Kier alpha value is -0.860. The molecule has 0 fully saturated rings. The summed E-state index contributed by atoms with van der Waals surface area (Å²) in [4.78, 5) is 14.6. The van der Waals surface area contributed by atoms with Crippen LogP contribution in [-0.2, 0) is 4.79 Å². The summed E-state index contributed by atoms with van der Waals surface area (Å²) in [6, 6.07) is 0. The summed E-state index contributed by atoms with van der Waals surface area (Å²) in [5.74, 6) is 0.888. The zero-order valence-corrected chi connectivity index (χ0v) is 5.42. The minimum Gasteiger partial charge on any atom is -0.387 e. The third-order valence-corrected chi connectivity index (χ3v) is 1.55. The van der Waals surface area contributed by atoms with Crippen molar-refractivity contribution < 1.29 is 4.79 Å². The van der Waals surface area contributed by atoms with Crippen molar-refractivity contribution in [3.63, 3.8) is 0 Å². The fraction of sp³-hybridized carbons (Fsp3) is 0.667. The van der Waals surface area contributed by atoms with Gasteiger partial charge < -0.3 is 5.73 Å². The van der Waals surface area contributed by atoms with Crippen LogP contribution in [0.2, 0.25) is 0 Å². The van der Waals surface area contributed by atoms with Gasteiger partial charge in [0.15, 0.2) is 0 Å². The number of rotatable bonds is 1. The van der Waals surface area contributed by atoms with Gasteiger partial charge >= 0.3 is 0 Å². The van der Waals surface area contributed by atoms with Gasteiger partial charge in [-0.3, -0.25) is 9.79 Å². The van der Waals surface area contributed by atoms with Crippen molar-refractivity contribution in [1.29, 1.82) is 0 Å². The Balaban J connectivity index is 2.47. The number of carbonyl (C=O) groups excluding carboxylic acids is 1. The minimum absolute atomic E-state index is 0.0741. The van der Waals surface area contributed by atoms with Crippen molar-refractivity contribution in [2.45, 2.75) is 13.3 Å². The summed E-state index contributed by atoms with van der Waals surface area (Å²) in [5, 5.41) is 0. The molecule has 2 N–H and O–H groups in total. The van der Waals surface area contributed by atoms with Gasteiger partial charge in [-0.1, -0.05) is 0 Å². The summed E-state index contributed by atoms with van der Waals surface area (Å²) in [6.07, 6.45) is 0.662. The van der Waals surface area contributed by atoms with Crippen molar-refractivity contribution in [3.05, 3.63) is 0 Å². The summed E-state index contributed by atoms with van der Waals surface area (Å²) < 4.78 is 0. The van der Waals surface area contributed by atoms with Crippen molar-refractivity contribution in [3.8, 4) is 0 Å². The lowest BCUT2D eigenvalue weighted by molar-refractivity contribution is -0.120. The molecule has 1 atom stereocenters. The standard InChI is InChI=1S/C6H10N2O/c1-4(9)5-2-6(7)8-3-5/h5H,2-3H2,1H3,(H2,7,8). The van der Waals surface area contributed by atoms with E-state index in [4.69, 9.17) is 5.73 Å². The second kappa shape index (κ2) is 2.17. The quantitative estimate of drug-likeness (QED) is 0.535. The van der Waals surface area contributed by atoms with Crippen molar-refractivity contribution in [2.75, 3.05) is 6.54 Å². The Bertz CT molecular complexity index is 162. The van der Waals surface area contributed by atoms with Crippen molar-refractivity contribution >= 4 is 11.6 Å². The van der Waals surface area contributed by atoms with E-state index in [1.54, 1.807) is 6.92 Å². The Morgan fingerprint density at radius 1 is 1.89 bits per heavy atom. The number of ketones is 1. The van der Waals surface area contributed by atoms with Crippen LogP contribution in [0.4, 0.5) is 0 Å². The molecule has 1 rings (SSSR count). The molecule has 0 saturated heterocycles. The van der Waals surface area contributed by atoms with E-state index in [-0.39, 0.29) is 11.7 Å². The minimum atomic E-state index is 0.0741. The number of hydrogen-bond donors (Lipinski definition) is 1. The molecule has 0 amide bonds. The molecule has 1 heterocycles. The maximum Gasteiger partial charge on any atom is 0.135 e. The lowest BCUT2D eigenvalue weighted by Crippen LogP contribution is -2.15. The monoisotopic (exact) mass is 126 g/mol. The van der Waals surface area contributed by atoms with E-state index in [1.165, 1.54) is 0 Å². The van der Waals surface area contributed by atoms with E-state index < -0.39 is 0 Å². The van der Waals surface area contributed by atoms with E-state index >= 15 is 0 Å². The molecule has 9 heavy (non-hydrogen) atoms. The highest BCUT2D eigenvalue weighted by Gasteiger charge is 2.19. The van der Waals surface area contributed by atoms with E-state index in [2.05, 4.69) is 4.99 Å². The third kappa shape index (κ3) is 1.28. The molecule has 1 aliphatic heterocycles. The van der Waals surface area contributed by atoms with Crippen LogP contribution in [-0.4, -0.2) is 18.2 Å². The van der Waals surface area contributed by atoms with Crippen LogP contribution in [0.1, 0.15) is 13.3 Å². The normalized spacial score (nSPS) is 25.9. The maximum absolute atomic E-state index is 10.7. The second-order valence-corrected chi connectivity index (χ2v) is 2.34. The molecule has 0 aromatic rings. The average Bonchev–Trinajstić information content (AvgIpc) is 2.14. The second-order valence-electron chi connectivity index (χ2n) is 2.34. The number of carbonyl (C=O) groups is 1. The average molecular weight is 126 g/mol. The van der Waals surface area contributed by atoms with Gasteiger partial charge in [0, 0.05) is 12.3 Å². The molecular formula is C6H10N2O. The van der Waals surface area contributed by atoms with Gasteiger partial charge in [0.05, 0.1) is 12.4 Å². The molecule has 50 valence electrons. The Morgan fingerprint density at radius 2 is 2.56 bits per heavy atom. The Morgan fingerprint density at radius 3 is 2.78 bits per heavy atom. The molecule has 1 unspecified atom stereocenters. The largest absolute Gasteiger partial charge is 0.387 e. The zero-order valence-electron chi connectivity index (χ0n) is 5.42. The van der Waals surface area contributed by atoms with Gasteiger partial charge in [-0.2, -0.15) is 0 Å². The third-order valence-electron chi connectivity index (χ3n) is 1.55. The molecule has 0 spiro atoms. The van der Waals surface area contributed by atoms with Crippen LogP contribution >= 0.6 is 0 Å². The number of aliphatic imine (C=N–C) groups is 1. The van der Waals surface area contributed by atoms with Crippen LogP contribution < -0.4 is 5.73 Å². The zero-order chi connectivity index (χ0) is 6.85. The predicted molar refractivity (Wildman–Crippen MR) is 35.3 cm³/mol. The number of Topliss-reactive ketones (excluding diaryl/α,β-unsaturated/α-hetero) is 1. The van der Waals surface area contributed by atoms with Crippen LogP contribution in [0.5, 0.6) is 0 Å². The highest BCUT2D eigenvalue weighted by molar-refractivity contribution is 5.90. The highest BCUT2D eigenvalue weighted by Crippen LogP contribution is 2.11. The van der Waals surface area contributed by atoms with Crippen molar-refractivity contribution in [1.82, 2.24) is 0 Å². The first kappa shape index (κ1) is 6.26. The van der Waals surface area contributed by atoms with Gasteiger partial charge in [0.25, 0.3) is 0 Å². The molecule has 3 heteroatoms. The van der Waals surface area contributed by atoms with Crippen molar-refractivity contribution in [2.24, 2.45) is 16.6 Å². The first-order valence-corrected chi connectivity index (χ1v) is 2.99. The predicted octanol–water partition coefficient (Wildman–Crippen LogP) is -0.0475. The van der Waals surface area contributed by atoms with Crippen LogP contribution in [0, 0.1) is 5.92 Å². The molecule has 0 saturated carbocycles. The lowest BCUT2D eigenvalue weighted by Gasteiger charge is -1.99. The fourth-order valence-electron chi connectivity index (χ4n) is 0.881. The van der Waals surface area contributed by atoms with Gasteiger partial charge in [0.2, 0.25) is 0 Å². The first-order chi connectivity index (χ1) is 4.20. The molecule has 0 aromatic carbocycles. The van der Waals surface area contributed by atoms with E-state index in [1.807, 2.05) is 0 Å². The molecule has 0 radical (unpaired) electrons. The van der Waals surface area contributed by atoms with E-state index in [9.17, 15) is 4.79 Å². The van der Waals surface area contributed by atoms with E-state index in [0.717, 1.165) is 0 Å². The molecule has 0 bridgehead atoms. The molecule has 1 aliphatic rings. The SMILES string of the molecule is CC(=O)C1CN=C(N)C1. The van der Waals surface area contributed by atoms with Gasteiger partial charge in [-0.05, 0) is 6.92 Å². The Kier molecular flexibility index (Phi) is 1.51. The fourth-order valence-corrected chi connectivity index (χ4v) is 0.881. The smallest absolute Gasteiger partial charge is 0.135 e. The lowest BCUT2D eigenvalue weighted by atomic mass is 10.0. The number of nitrogens with two attached hydrogens (primary N) is 1. The first-order valence-electron chi connectivity index (χ1n) is 2.99. The van der Waals surface area contributed by atoms with Gasteiger partial charge in [0.1, 0.15) is 5.78 Å². The topological polar surface area (TPSA) is 55.5 Å². The molecule has 3 nitrogen and oxygen atoms in total. The van der Waals surface area contributed by atoms with Gasteiger partial charge in [-0.25, -0.2) is 0 Å². The van der Waals surface area contributed by atoms with Crippen LogP contribution in [0.3, 0.4) is 0 Å². The van der Waals surface area contributed by atoms with Crippen LogP contribution in [0.25, 0.3) is 0 Å². The number of nitrogens with zero attached hydrogens (tertiary/aromatic N) is 1. The number of amidine groups is 1. The summed E-state index contributed by atoms with van der Waals surface area (Å²) in [6.45, 7) is 2.18. The molecular weight excluding hydrogens is 116 g/mol. The summed E-state index contributed by atoms with van der Waals surface area (Å²) >= 11 is 0. The van der Waals surface area contributed by atoms with E-state index in [0.29, 0.717) is 18.8 Å². The summed E-state index contributed by atoms with van der Waals surface area (Å²) in [5.41, 5.74) is 5.36. The molecule has 0 aromatic heterocycles.